The van der Waals surface area contributed by atoms with Crippen molar-refractivity contribution in [2.24, 2.45) is 0 Å². The fraction of sp³-hybridized carbons (Fsp3) is 0.625. The number of hydrogen-bond donors (Lipinski definition) is 0. The topological polar surface area (TPSA) is 26.3 Å². The highest BCUT2D eigenvalue weighted by molar-refractivity contribution is 5.86. The van der Waals surface area contributed by atoms with Crippen molar-refractivity contribution in [3.05, 3.63) is 12.2 Å². The summed E-state index contributed by atoms with van der Waals surface area (Å²) >= 11 is 0. The van der Waals surface area contributed by atoms with Crippen molar-refractivity contribution in [1.82, 2.24) is 0 Å². The molecule has 0 radical (unpaired) electrons. The van der Waals surface area contributed by atoms with E-state index in [-0.39, 0.29) is 5.57 Å². The Bertz CT molecular complexity index is 283. The van der Waals surface area contributed by atoms with Gasteiger partial charge in [0.05, 0.1) is 0 Å². The average molecular weight is 250 g/mol. The zero-order valence-electron chi connectivity index (χ0n) is 8.08. The van der Waals surface area contributed by atoms with Crippen LogP contribution in [0.25, 0.3) is 0 Å². The summed E-state index contributed by atoms with van der Waals surface area (Å²) in [5, 5.41) is 0. The van der Waals surface area contributed by atoms with Crippen molar-refractivity contribution in [3.63, 3.8) is 0 Å². The quantitative estimate of drug-likeness (QED) is 0.435. The summed E-state index contributed by atoms with van der Waals surface area (Å²) in [5.41, 5.74) is -0.279. The van der Waals surface area contributed by atoms with Crippen LogP contribution in [0.1, 0.15) is 6.92 Å². The van der Waals surface area contributed by atoms with Gasteiger partial charge < -0.3 is 4.74 Å². The summed E-state index contributed by atoms with van der Waals surface area (Å²) in [6.07, 6.45) is -10.1. The van der Waals surface area contributed by atoms with Gasteiger partial charge in [0.2, 0.25) is 0 Å². The molecule has 0 N–H and O–H groups in total. The van der Waals surface area contributed by atoms with Gasteiger partial charge in [-0.05, 0) is 6.92 Å². The maximum atomic E-state index is 12.5. The van der Waals surface area contributed by atoms with E-state index < -0.39 is 30.8 Å². The van der Waals surface area contributed by atoms with E-state index in [4.69, 9.17) is 0 Å². The monoisotopic (exact) mass is 250 g/mol. The average Bonchev–Trinajstić information content (AvgIpc) is 2.11. The number of hydrogen-bond acceptors (Lipinski definition) is 2. The highest BCUT2D eigenvalue weighted by atomic mass is 19.4. The second kappa shape index (κ2) is 4.75. The Morgan fingerprint density at radius 2 is 1.75 bits per heavy atom. The van der Waals surface area contributed by atoms with Crippen LogP contribution in [0.3, 0.4) is 0 Å². The molecule has 0 heterocycles. The molecular weight excluding hydrogens is 242 g/mol. The highest BCUT2D eigenvalue weighted by Gasteiger charge is 2.57. The number of halogens is 6. The third kappa shape index (κ3) is 4.11. The minimum atomic E-state index is -5.71. The molecule has 0 fully saturated rings. The van der Waals surface area contributed by atoms with Gasteiger partial charge in [-0.15, -0.1) is 0 Å². The van der Waals surface area contributed by atoms with Gasteiger partial charge >= 0.3 is 18.1 Å². The summed E-state index contributed by atoms with van der Waals surface area (Å²) in [6, 6.07) is 0. The van der Waals surface area contributed by atoms with E-state index in [1.165, 1.54) is 0 Å². The Hall–Kier alpha value is -1.21. The molecule has 0 aliphatic heterocycles. The van der Waals surface area contributed by atoms with E-state index in [2.05, 4.69) is 11.3 Å². The van der Waals surface area contributed by atoms with E-state index >= 15 is 0 Å². The normalized spacial score (nSPS) is 14.4. The van der Waals surface area contributed by atoms with Gasteiger partial charge in [0.1, 0.15) is 0 Å². The molecule has 0 saturated heterocycles. The number of ether oxygens (including phenoxy) is 1. The van der Waals surface area contributed by atoms with Gasteiger partial charge in [0.15, 0.2) is 6.61 Å². The van der Waals surface area contributed by atoms with Crippen LogP contribution >= 0.6 is 0 Å². The number of rotatable bonds is 4. The van der Waals surface area contributed by atoms with E-state index in [9.17, 15) is 31.1 Å². The maximum absolute atomic E-state index is 12.5. The van der Waals surface area contributed by atoms with Crippen LogP contribution in [0.5, 0.6) is 0 Å². The van der Waals surface area contributed by atoms with Crippen LogP contribution < -0.4 is 0 Å². The molecule has 0 aromatic carbocycles. The fourth-order valence-corrected chi connectivity index (χ4v) is 0.598. The van der Waals surface area contributed by atoms with E-state index in [0.29, 0.717) is 0 Å². The molecule has 0 unspecified atom stereocenters. The molecule has 0 aliphatic rings. The first-order valence-electron chi connectivity index (χ1n) is 3.89. The Morgan fingerprint density at radius 1 is 1.31 bits per heavy atom. The molecule has 0 saturated carbocycles. The van der Waals surface area contributed by atoms with Gasteiger partial charge in [-0.2, -0.15) is 22.0 Å². The Balaban J connectivity index is 4.47. The molecule has 16 heavy (non-hydrogen) atoms. The minimum absolute atomic E-state index is 0.279. The highest BCUT2D eigenvalue weighted by Crippen LogP contribution is 2.35. The molecule has 0 aromatic rings. The van der Waals surface area contributed by atoms with Gasteiger partial charge in [0, 0.05) is 5.57 Å². The van der Waals surface area contributed by atoms with Crippen LogP contribution in [-0.2, 0) is 9.53 Å². The van der Waals surface area contributed by atoms with Crippen molar-refractivity contribution >= 4 is 5.97 Å². The number of alkyl halides is 6. The van der Waals surface area contributed by atoms with Crippen molar-refractivity contribution in [2.45, 2.75) is 25.2 Å². The molecule has 8 heteroatoms. The molecule has 94 valence electrons. The van der Waals surface area contributed by atoms with Crippen molar-refractivity contribution in [2.75, 3.05) is 6.61 Å². The fourth-order valence-electron chi connectivity index (χ4n) is 0.598. The maximum Gasteiger partial charge on any atom is 0.425 e. The molecule has 0 aromatic heterocycles. The van der Waals surface area contributed by atoms with E-state index in [0.717, 1.165) is 6.92 Å². The molecular formula is C8H8F6O2. The molecule has 0 rings (SSSR count). The smallest absolute Gasteiger partial charge is 0.425 e. The molecule has 0 spiro atoms. The lowest BCUT2D eigenvalue weighted by Gasteiger charge is -2.22. The molecule has 0 amide bonds. The third-order valence-electron chi connectivity index (χ3n) is 1.40. The SMILES string of the molecule is C=C(C)C(=O)OCC(F)(F)[C@H](F)C(F)(F)F. The first-order chi connectivity index (χ1) is 6.98. The van der Waals surface area contributed by atoms with Crippen LogP contribution in [-0.4, -0.2) is 30.8 Å². The second-order valence-corrected chi connectivity index (χ2v) is 3.02. The van der Waals surface area contributed by atoms with Gasteiger partial charge in [-0.25, -0.2) is 9.18 Å². The molecule has 1 atom stereocenters. The summed E-state index contributed by atoms with van der Waals surface area (Å²) in [4.78, 5) is 10.6. The van der Waals surface area contributed by atoms with Gasteiger partial charge in [0.25, 0.3) is 6.17 Å². The lowest BCUT2D eigenvalue weighted by molar-refractivity contribution is -0.253. The summed E-state index contributed by atoms with van der Waals surface area (Å²) < 4.78 is 75.9. The summed E-state index contributed by atoms with van der Waals surface area (Å²) in [7, 11) is 0. The Kier molecular flexibility index (Phi) is 4.39. The zero-order chi connectivity index (χ0) is 13.1. The van der Waals surface area contributed by atoms with Crippen LogP contribution in [0.4, 0.5) is 26.3 Å². The number of esters is 1. The number of carbonyl (C=O) groups excluding carboxylic acids is 1. The largest absolute Gasteiger partial charge is 0.456 e. The Morgan fingerprint density at radius 3 is 2.06 bits per heavy atom. The summed E-state index contributed by atoms with van der Waals surface area (Å²) in [5.74, 6) is -6.13. The van der Waals surface area contributed by atoms with Crippen molar-refractivity contribution < 1.29 is 35.9 Å². The lowest BCUT2D eigenvalue weighted by Crippen LogP contribution is -2.45. The predicted octanol–water partition coefficient (Wildman–Crippen LogP) is 2.64. The van der Waals surface area contributed by atoms with Crippen LogP contribution in [0.2, 0.25) is 0 Å². The third-order valence-corrected chi connectivity index (χ3v) is 1.40. The van der Waals surface area contributed by atoms with Crippen LogP contribution in [0.15, 0.2) is 12.2 Å². The standard InChI is InChI=1S/C8H8F6O2/c1-4(2)5(15)16-3-7(10,11)6(9)8(12,13)14/h6H,1,3H2,2H3/t6-/m0/s1. The summed E-state index contributed by atoms with van der Waals surface area (Å²) in [6.45, 7) is 2.14. The first-order valence-corrected chi connectivity index (χ1v) is 3.89. The Labute approximate surface area is 86.9 Å². The molecule has 0 bridgehead atoms. The number of carbonyl (C=O) groups is 1. The first kappa shape index (κ1) is 14.8. The van der Waals surface area contributed by atoms with Gasteiger partial charge in [-0.3, -0.25) is 0 Å². The molecule has 0 aliphatic carbocycles. The van der Waals surface area contributed by atoms with Gasteiger partial charge in [-0.1, -0.05) is 6.58 Å². The minimum Gasteiger partial charge on any atom is -0.456 e. The van der Waals surface area contributed by atoms with Crippen molar-refractivity contribution in [3.8, 4) is 0 Å². The predicted molar refractivity (Wildman–Crippen MR) is 41.7 cm³/mol. The van der Waals surface area contributed by atoms with E-state index in [1.807, 2.05) is 0 Å². The molecule has 2 nitrogen and oxygen atoms in total. The zero-order valence-corrected chi connectivity index (χ0v) is 8.08. The van der Waals surface area contributed by atoms with E-state index in [1.54, 1.807) is 0 Å². The lowest BCUT2D eigenvalue weighted by atomic mass is 10.2. The second-order valence-electron chi connectivity index (χ2n) is 3.02. The van der Waals surface area contributed by atoms with Crippen molar-refractivity contribution in [1.29, 1.82) is 0 Å². The van der Waals surface area contributed by atoms with Crippen LogP contribution in [0, 0.1) is 0 Å².